The van der Waals surface area contributed by atoms with Gasteiger partial charge in [0.25, 0.3) is 0 Å². The lowest BCUT2D eigenvalue weighted by atomic mass is 10.0. The molecule has 2 aromatic rings. The fourth-order valence-electron chi connectivity index (χ4n) is 2.15. The van der Waals surface area contributed by atoms with Crippen LogP contribution in [0.15, 0.2) is 36.4 Å². The fraction of sp³-hybridized carbons (Fsp3) is 0.188. The maximum Gasteiger partial charge on any atom is 0.194 e. The predicted molar refractivity (Wildman–Crippen MR) is 81.3 cm³/mol. The monoisotopic (exact) mass is 303 g/mol. The Morgan fingerprint density at radius 2 is 1.67 bits per heavy atom. The average Bonchev–Trinajstić information content (AvgIpc) is 2.71. The maximum atomic E-state index is 12.5. The van der Waals surface area contributed by atoms with Crippen LogP contribution in [0, 0.1) is 0 Å². The van der Waals surface area contributed by atoms with Gasteiger partial charge in [-0.3, -0.25) is 4.79 Å². The number of hydrogen-bond acceptors (Lipinski definition) is 4. The molecule has 0 saturated carbocycles. The number of benzene rings is 2. The largest absolute Gasteiger partial charge is 0.490 e. The van der Waals surface area contributed by atoms with Crippen LogP contribution >= 0.6 is 11.6 Å². The van der Waals surface area contributed by atoms with Gasteiger partial charge in [-0.1, -0.05) is 11.6 Å². The van der Waals surface area contributed by atoms with E-state index in [1.165, 1.54) is 0 Å². The molecular weight excluding hydrogens is 290 g/mol. The van der Waals surface area contributed by atoms with E-state index in [1.54, 1.807) is 36.4 Å². The lowest BCUT2D eigenvalue weighted by Crippen LogP contribution is -2.04. The Bertz CT molecular complexity index is 683. The van der Waals surface area contributed by atoms with Crippen LogP contribution in [0.3, 0.4) is 0 Å². The summed E-state index contributed by atoms with van der Waals surface area (Å²) >= 11 is 6.21. The number of carbonyl (C=O) groups is 1. The van der Waals surface area contributed by atoms with E-state index in [0.717, 1.165) is 6.42 Å². The van der Waals surface area contributed by atoms with Crippen molar-refractivity contribution in [2.45, 2.75) is 6.42 Å². The molecule has 4 nitrogen and oxygen atoms in total. The van der Waals surface area contributed by atoms with Crippen molar-refractivity contribution in [3.8, 4) is 11.5 Å². The van der Waals surface area contributed by atoms with Crippen LogP contribution in [-0.2, 0) is 0 Å². The summed E-state index contributed by atoms with van der Waals surface area (Å²) in [4.78, 5) is 12.5. The second kappa shape index (κ2) is 5.66. The molecule has 0 amide bonds. The zero-order chi connectivity index (χ0) is 14.8. The second-order valence-corrected chi connectivity index (χ2v) is 5.19. The first-order valence-electron chi connectivity index (χ1n) is 6.64. The van der Waals surface area contributed by atoms with Gasteiger partial charge in [-0.05, 0) is 30.3 Å². The summed E-state index contributed by atoms with van der Waals surface area (Å²) in [6, 6.07) is 10.00. The second-order valence-electron chi connectivity index (χ2n) is 4.78. The Hall–Kier alpha value is -2.20. The first-order valence-corrected chi connectivity index (χ1v) is 7.02. The van der Waals surface area contributed by atoms with E-state index >= 15 is 0 Å². The minimum Gasteiger partial charge on any atom is -0.490 e. The summed E-state index contributed by atoms with van der Waals surface area (Å²) in [6.45, 7) is 1.14. The SMILES string of the molecule is Nc1ccc(C(=O)c2cc3c(cc2Cl)OCCCO3)cc1. The van der Waals surface area contributed by atoms with E-state index in [9.17, 15) is 4.79 Å². The molecule has 0 fully saturated rings. The summed E-state index contributed by atoms with van der Waals surface area (Å²) in [7, 11) is 0. The van der Waals surface area contributed by atoms with E-state index in [4.69, 9.17) is 26.8 Å². The molecule has 5 heteroatoms. The molecule has 21 heavy (non-hydrogen) atoms. The molecule has 108 valence electrons. The topological polar surface area (TPSA) is 61.6 Å². The number of nitrogens with two attached hydrogens (primary N) is 1. The lowest BCUT2D eigenvalue weighted by Gasteiger charge is -2.11. The minimum atomic E-state index is -0.171. The highest BCUT2D eigenvalue weighted by Gasteiger charge is 2.19. The zero-order valence-corrected chi connectivity index (χ0v) is 12.0. The Balaban J connectivity index is 2.00. The highest BCUT2D eigenvalue weighted by atomic mass is 35.5. The molecule has 0 bridgehead atoms. The normalized spacial score (nSPS) is 13.6. The predicted octanol–water partition coefficient (Wildman–Crippen LogP) is 3.31. The quantitative estimate of drug-likeness (QED) is 0.683. The summed E-state index contributed by atoms with van der Waals surface area (Å²) < 4.78 is 11.1. The molecule has 0 atom stereocenters. The Morgan fingerprint density at radius 3 is 2.33 bits per heavy atom. The summed E-state index contributed by atoms with van der Waals surface area (Å²) in [5.41, 5.74) is 7.16. The van der Waals surface area contributed by atoms with Crippen LogP contribution in [0.25, 0.3) is 0 Å². The Morgan fingerprint density at radius 1 is 1.05 bits per heavy atom. The number of anilines is 1. The summed E-state index contributed by atoms with van der Waals surface area (Å²) in [5.74, 6) is 0.956. The van der Waals surface area contributed by atoms with Crippen molar-refractivity contribution in [1.29, 1.82) is 0 Å². The van der Waals surface area contributed by atoms with Gasteiger partial charge in [-0.2, -0.15) is 0 Å². The van der Waals surface area contributed by atoms with E-state index in [-0.39, 0.29) is 5.78 Å². The van der Waals surface area contributed by atoms with Gasteiger partial charge in [0.2, 0.25) is 0 Å². The van der Waals surface area contributed by atoms with Crippen LogP contribution in [-0.4, -0.2) is 19.0 Å². The number of halogens is 1. The minimum absolute atomic E-state index is 0.171. The molecule has 0 aromatic heterocycles. The Kier molecular flexibility index (Phi) is 3.71. The van der Waals surface area contributed by atoms with Gasteiger partial charge in [0.05, 0.1) is 18.2 Å². The van der Waals surface area contributed by atoms with Crippen LogP contribution in [0.5, 0.6) is 11.5 Å². The molecule has 2 aromatic carbocycles. The highest BCUT2D eigenvalue weighted by Crippen LogP contribution is 2.35. The van der Waals surface area contributed by atoms with Crippen molar-refractivity contribution in [3.05, 3.63) is 52.5 Å². The Labute approximate surface area is 127 Å². The van der Waals surface area contributed by atoms with Gasteiger partial charge in [0, 0.05) is 29.3 Å². The number of hydrogen-bond donors (Lipinski definition) is 1. The third-order valence-electron chi connectivity index (χ3n) is 3.25. The molecule has 0 unspecified atom stereocenters. The van der Waals surface area contributed by atoms with Crippen molar-refractivity contribution in [1.82, 2.24) is 0 Å². The number of nitrogen functional groups attached to an aromatic ring is 1. The number of carbonyl (C=O) groups excluding carboxylic acids is 1. The molecule has 1 aliphatic heterocycles. The molecular formula is C16H14ClNO3. The number of ketones is 1. The van der Waals surface area contributed by atoms with Crippen molar-refractivity contribution in [2.24, 2.45) is 0 Å². The van der Waals surface area contributed by atoms with Crippen molar-refractivity contribution >= 4 is 23.1 Å². The average molecular weight is 304 g/mol. The molecule has 1 heterocycles. The van der Waals surface area contributed by atoms with Gasteiger partial charge in [0.1, 0.15) is 0 Å². The summed E-state index contributed by atoms with van der Waals surface area (Å²) in [6.07, 6.45) is 0.799. The number of ether oxygens (including phenoxy) is 2. The third kappa shape index (κ3) is 2.81. The standard InChI is InChI=1S/C16H14ClNO3/c17-13-9-15-14(20-6-1-7-21-15)8-12(13)16(19)10-2-4-11(18)5-3-10/h2-5,8-9H,1,6-7,18H2. The lowest BCUT2D eigenvalue weighted by molar-refractivity contribution is 0.103. The van der Waals surface area contributed by atoms with Crippen LogP contribution in [0.1, 0.15) is 22.3 Å². The van der Waals surface area contributed by atoms with Crippen LogP contribution in [0.4, 0.5) is 5.69 Å². The van der Waals surface area contributed by atoms with Gasteiger partial charge >= 0.3 is 0 Å². The van der Waals surface area contributed by atoms with Gasteiger partial charge in [-0.15, -0.1) is 0 Å². The smallest absolute Gasteiger partial charge is 0.194 e. The zero-order valence-electron chi connectivity index (χ0n) is 11.3. The fourth-order valence-corrected chi connectivity index (χ4v) is 2.39. The molecule has 0 aliphatic carbocycles. The van der Waals surface area contributed by atoms with Gasteiger partial charge in [0.15, 0.2) is 17.3 Å². The van der Waals surface area contributed by atoms with E-state index in [2.05, 4.69) is 0 Å². The molecule has 0 spiro atoms. The first-order chi connectivity index (χ1) is 10.1. The molecule has 3 rings (SSSR count). The van der Waals surface area contributed by atoms with E-state index in [0.29, 0.717) is 46.5 Å². The van der Waals surface area contributed by atoms with Crippen molar-refractivity contribution in [3.63, 3.8) is 0 Å². The van der Waals surface area contributed by atoms with E-state index < -0.39 is 0 Å². The number of fused-ring (bicyclic) bond motifs is 1. The molecule has 1 aliphatic rings. The molecule has 0 radical (unpaired) electrons. The molecule has 0 saturated heterocycles. The van der Waals surface area contributed by atoms with Gasteiger partial charge < -0.3 is 15.2 Å². The van der Waals surface area contributed by atoms with Gasteiger partial charge in [-0.25, -0.2) is 0 Å². The summed E-state index contributed by atoms with van der Waals surface area (Å²) in [5, 5.41) is 0.348. The van der Waals surface area contributed by atoms with E-state index in [1.807, 2.05) is 0 Å². The third-order valence-corrected chi connectivity index (χ3v) is 3.57. The highest BCUT2D eigenvalue weighted by molar-refractivity contribution is 6.35. The van der Waals surface area contributed by atoms with Crippen LogP contribution < -0.4 is 15.2 Å². The first kappa shape index (κ1) is 13.8. The van der Waals surface area contributed by atoms with Crippen molar-refractivity contribution in [2.75, 3.05) is 18.9 Å². The number of rotatable bonds is 2. The van der Waals surface area contributed by atoms with Crippen molar-refractivity contribution < 1.29 is 14.3 Å². The van der Waals surface area contributed by atoms with Crippen LogP contribution in [0.2, 0.25) is 5.02 Å². The molecule has 2 N–H and O–H groups in total. The maximum absolute atomic E-state index is 12.5.